The van der Waals surface area contributed by atoms with Crippen LogP contribution in [-0.2, 0) is 29.4 Å². The lowest BCUT2D eigenvalue weighted by Crippen LogP contribution is -2.15. The van der Waals surface area contributed by atoms with Gasteiger partial charge in [-0.25, -0.2) is 9.59 Å². The summed E-state index contributed by atoms with van der Waals surface area (Å²) in [6, 6.07) is 1.37. The Morgan fingerprint density at radius 1 is 1.26 bits per heavy atom. The van der Waals surface area contributed by atoms with Crippen molar-refractivity contribution in [2.45, 2.75) is 32.6 Å². The van der Waals surface area contributed by atoms with E-state index in [4.69, 9.17) is 9.47 Å². The van der Waals surface area contributed by atoms with Gasteiger partial charge in [0.1, 0.15) is 10.7 Å². The molecular weight excluding hydrogens is 370 g/mol. The van der Waals surface area contributed by atoms with Crippen molar-refractivity contribution in [2.75, 3.05) is 19.0 Å². The number of carbonyl (C=O) groups excluding carboxylic acids is 3. The van der Waals surface area contributed by atoms with E-state index >= 15 is 0 Å². The van der Waals surface area contributed by atoms with E-state index in [2.05, 4.69) is 10.4 Å². The normalized spacial score (nSPS) is 13.0. The van der Waals surface area contributed by atoms with Crippen LogP contribution in [0.2, 0.25) is 0 Å². The van der Waals surface area contributed by atoms with Crippen LogP contribution < -0.4 is 5.32 Å². The number of ether oxygens (including phenoxy) is 2. The number of thiophene rings is 1. The molecule has 2 aromatic heterocycles. The summed E-state index contributed by atoms with van der Waals surface area (Å²) in [6.07, 6.45) is 3.74. The van der Waals surface area contributed by atoms with Crippen molar-refractivity contribution >= 4 is 34.2 Å². The molecule has 144 valence electrons. The summed E-state index contributed by atoms with van der Waals surface area (Å²) in [5, 5.41) is 7.30. The van der Waals surface area contributed by atoms with Gasteiger partial charge < -0.3 is 14.8 Å². The zero-order valence-electron chi connectivity index (χ0n) is 15.5. The van der Waals surface area contributed by atoms with Gasteiger partial charge in [0.15, 0.2) is 5.69 Å². The molecular formula is C18H21N3O5S. The summed E-state index contributed by atoms with van der Waals surface area (Å²) in [7, 11) is 2.89. The molecule has 2 heterocycles. The number of nitrogens with one attached hydrogen (secondary N) is 1. The summed E-state index contributed by atoms with van der Waals surface area (Å²) in [5.74, 6) is -1.50. The molecule has 0 radical (unpaired) electrons. The number of aryl methyl sites for hydroxylation is 2. The summed E-state index contributed by atoms with van der Waals surface area (Å²) >= 11 is 1.40. The van der Waals surface area contributed by atoms with Gasteiger partial charge in [0, 0.05) is 18.0 Å². The summed E-state index contributed by atoms with van der Waals surface area (Å²) in [5.41, 5.74) is 1.64. The SMILES string of the molecule is CCOC(=O)c1cc(C(=O)Nc2sc3c(c2C(=O)OC)CCCC3)nn1C. The topological polar surface area (TPSA) is 99.5 Å². The van der Waals surface area contributed by atoms with Crippen LogP contribution in [0.3, 0.4) is 0 Å². The molecule has 0 bridgehead atoms. The van der Waals surface area contributed by atoms with Crippen molar-refractivity contribution in [3.8, 4) is 0 Å². The first-order chi connectivity index (χ1) is 13.0. The molecule has 1 aliphatic carbocycles. The molecule has 0 atom stereocenters. The molecule has 8 nitrogen and oxygen atoms in total. The molecule has 27 heavy (non-hydrogen) atoms. The zero-order chi connectivity index (χ0) is 19.6. The smallest absolute Gasteiger partial charge is 0.356 e. The van der Waals surface area contributed by atoms with E-state index in [1.54, 1.807) is 14.0 Å². The fourth-order valence-electron chi connectivity index (χ4n) is 3.11. The predicted molar refractivity (Wildman–Crippen MR) is 99.4 cm³/mol. The number of anilines is 1. The number of amides is 1. The second kappa shape index (κ2) is 7.91. The van der Waals surface area contributed by atoms with Crippen LogP contribution in [0.15, 0.2) is 6.07 Å². The lowest BCUT2D eigenvalue weighted by atomic mass is 9.95. The maximum atomic E-state index is 12.7. The van der Waals surface area contributed by atoms with E-state index < -0.39 is 17.8 Å². The van der Waals surface area contributed by atoms with Gasteiger partial charge >= 0.3 is 11.9 Å². The number of methoxy groups -OCH3 is 1. The Balaban J connectivity index is 1.88. The number of fused-ring (bicyclic) bond motifs is 1. The number of hydrogen-bond acceptors (Lipinski definition) is 7. The lowest BCUT2D eigenvalue weighted by molar-refractivity contribution is 0.0512. The van der Waals surface area contributed by atoms with Crippen LogP contribution in [-0.4, -0.2) is 41.3 Å². The minimum Gasteiger partial charge on any atom is -0.465 e. The minimum atomic E-state index is -0.548. The third kappa shape index (κ3) is 3.73. The van der Waals surface area contributed by atoms with E-state index in [9.17, 15) is 14.4 Å². The fourth-order valence-corrected chi connectivity index (χ4v) is 4.39. The number of nitrogens with zero attached hydrogens (tertiary/aromatic N) is 2. The molecule has 0 saturated heterocycles. The molecule has 0 unspecified atom stereocenters. The van der Waals surface area contributed by atoms with E-state index in [1.807, 2.05) is 0 Å². The number of esters is 2. The van der Waals surface area contributed by atoms with Gasteiger partial charge in [-0.05, 0) is 38.2 Å². The van der Waals surface area contributed by atoms with Crippen LogP contribution in [0.5, 0.6) is 0 Å². The monoisotopic (exact) mass is 391 g/mol. The van der Waals surface area contributed by atoms with Gasteiger partial charge in [-0.3, -0.25) is 9.48 Å². The first-order valence-electron chi connectivity index (χ1n) is 8.71. The average Bonchev–Trinajstić information content (AvgIpc) is 3.21. The van der Waals surface area contributed by atoms with E-state index in [1.165, 1.54) is 29.2 Å². The maximum Gasteiger partial charge on any atom is 0.356 e. The molecule has 0 spiro atoms. The molecule has 2 aromatic rings. The van der Waals surface area contributed by atoms with Crippen molar-refractivity contribution in [3.63, 3.8) is 0 Å². The highest BCUT2D eigenvalue weighted by molar-refractivity contribution is 7.17. The van der Waals surface area contributed by atoms with Crippen molar-refractivity contribution < 1.29 is 23.9 Å². The maximum absolute atomic E-state index is 12.7. The highest BCUT2D eigenvalue weighted by Crippen LogP contribution is 2.38. The molecule has 0 saturated carbocycles. The standard InChI is InChI=1S/C18H21N3O5S/c1-4-26-17(23)12-9-11(20-21(12)2)15(22)19-16-14(18(24)25-3)10-7-5-6-8-13(10)27-16/h9H,4-8H2,1-3H3,(H,19,22). The first kappa shape index (κ1) is 19.1. The zero-order valence-corrected chi connectivity index (χ0v) is 16.3. The molecule has 1 aliphatic rings. The quantitative estimate of drug-likeness (QED) is 0.787. The average molecular weight is 391 g/mol. The Morgan fingerprint density at radius 2 is 2.00 bits per heavy atom. The Morgan fingerprint density at radius 3 is 2.70 bits per heavy atom. The highest BCUT2D eigenvalue weighted by Gasteiger charge is 2.28. The van der Waals surface area contributed by atoms with Gasteiger partial charge in [-0.15, -0.1) is 11.3 Å². The Kier molecular flexibility index (Phi) is 5.59. The van der Waals surface area contributed by atoms with Crippen LogP contribution in [0.25, 0.3) is 0 Å². The third-order valence-corrected chi connectivity index (χ3v) is 5.59. The first-order valence-corrected chi connectivity index (χ1v) is 9.53. The fraction of sp³-hybridized carbons (Fsp3) is 0.444. The van der Waals surface area contributed by atoms with Gasteiger partial charge in [0.05, 0.1) is 19.3 Å². The number of aromatic nitrogens is 2. The summed E-state index contributed by atoms with van der Waals surface area (Å²) < 4.78 is 11.2. The van der Waals surface area contributed by atoms with E-state index in [0.717, 1.165) is 36.1 Å². The summed E-state index contributed by atoms with van der Waals surface area (Å²) in [6.45, 7) is 1.93. The summed E-state index contributed by atoms with van der Waals surface area (Å²) in [4.78, 5) is 37.9. The molecule has 1 N–H and O–H groups in total. The predicted octanol–water partition coefficient (Wildman–Crippen LogP) is 2.58. The largest absolute Gasteiger partial charge is 0.465 e. The lowest BCUT2D eigenvalue weighted by Gasteiger charge is -2.11. The minimum absolute atomic E-state index is 0.0720. The molecule has 0 fully saturated rings. The number of rotatable bonds is 5. The van der Waals surface area contributed by atoms with Crippen LogP contribution in [0.1, 0.15) is 61.5 Å². The molecule has 1 amide bonds. The second-order valence-electron chi connectivity index (χ2n) is 6.12. The molecule has 9 heteroatoms. The van der Waals surface area contributed by atoms with Crippen molar-refractivity contribution in [2.24, 2.45) is 7.05 Å². The van der Waals surface area contributed by atoms with Gasteiger partial charge in [0.2, 0.25) is 0 Å². The van der Waals surface area contributed by atoms with Crippen LogP contribution in [0.4, 0.5) is 5.00 Å². The highest BCUT2D eigenvalue weighted by atomic mass is 32.1. The van der Waals surface area contributed by atoms with Crippen molar-refractivity contribution in [1.29, 1.82) is 0 Å². The van der Waals surface area contributed by atoms with Crippen LogP contribution in [0, 0.1) is 0 Å². The number of hydrogen-bond donors (Lipinski definition) is 1. The van der Waals surface area contributed by atoms with E-state index in [0.29, 0.717) is 10.6 Å². The molecule has 0 aliphatic heterocycles. The molecule has 0 aromatic carbocycles. The van der Waals surface area contributed by atoms with Gasteiger partial charge in [0.25, 0.3) is 5.91 Å². The Bertz CT molecular complexity index is 899. The Labute approximate surface area is 160 Å². The number of carbonyl (C=O) groups is 3. The third-order valence-electron chi connectivity index (χ3n) is 4.38. The van der Waals surface area contributed by atoms with Crippen molar-refractivity contribution in [1.82, 2.24) is 9.78 Å². The molecule has 3 rings (SSSR count). The van der Waals surface area contributed by atoms with Gasteiger partial charge in [-0.1, -0.05) is 0 Å². The Hall–Kier alpha value is -2.68. The van der Waals surface area contributed by atoms with E-state index in [-0.39, 0.29) is 18.0 Å². The van der Waals surface area contributed by atoms with Crippen LogP contribution >= 0.6 is 11.3 Å². The second-order valence-corrected chi connectivity index (χ2v) is 7.22. The van der Waals surface area contributed by atoms with Crippen molar-refractivity contribution in [3.05, 3.63) is 33.5 Å². The van der Waals surface area contributed by atoms with Gasteiger partial charge in [-0.2, -0.15) is 5.10 Å².